The number of carbonyl (C=O) groups excluding carboxylic acids is 1. The number of hydrogen-bond acceptors (Lipinski definition) is 5. The number of phenols is 2. The van der Waals surface area contributed by atoms with Crippen molar-refractivity contribution < 1.29 is 29.6 Å². The fraction of sp³-hybridized carbons (Fsp3) is 0.304. The molecule has 0 saturated carbocycles. The monoisotopic (exact) mass is 432 g/mol. The molecule has 30 heavy (non-hydrogen) atoms. The molecule has 0 spiro atoms. The molecule has 0 aliphatic rings. The van der Waals surface area contributed by atoms with E-state index in [1.165, 1.54) is 30.4 Å². The average molecular weight is 433 g/mol. The Hall–Kier alpha value is -2.99. The van der Waals surface area contributed by atoms with Crippen LogP contribution in [-0.2, 0) is 5.41 Å². The molecule has 0 radical (unpaired) electrons. The number of aromatic hydroxyl groups is 2. The van der Waals surface area contributed by atoms with E-state index in [9.17, 15) is 24.9 Å². The van der Waals surface area contributed by atoms with Crippen LogP contribution in [0.4, 0.5) is 0 Å². The summed E-state index contributed by atoms with van der Waals surface area (Å²) in [4.78, 5) is 24.5. The first-order chi connectivity index (χ1) is 13.8. The molecule has 160 valence electrons. The Morgan fingerprint density at radius 2 is 1.77 bits per heavy atom. The fourth-order valence-electron chi connectivity index (χ4n) is 2.90. The van der Waals surface area contributed by atoms with Gasteiger partial charge in [-0.1, -0.05) is 32.4 Å². The zero-order valence-electron chi connectivity index (χ0n) is 17.5. The van der Waals surface area contributed by atoms with Crippen LogP contribution >= 0.6 is 11.6 Å². The summed E-state index contributed by atoms with van der Waals surface area (Å²) in [7, 11) is 0. The summed E-state index contributed by atoms with van der Waals surface area (Å²) in [5, 5.41) is 30.6. The predicted octanol–water partition coefficient (Wildman–Crippen LogP) is 5.43. The molecule has 0 atom stereocenters. The van der Waals surface area contributed by atoms with E-state index in [-0.39, 0.29) is 34.5 Å². The quantitative estimate of drug-likeness (QED) is 0.415. The number of allylic oxidation sites excluding steroid dienone is 1. The molecule has 6 nitrogen and oxygen atoms in total. The Bertz CT molecular complexity index is 1020. The second-order valence-corrected chi connectivity index (χ2v) is 8.58. The number of aromatic carboxylic acids is 1. The van der Waals surface area contributed by atoms with Gasteiger partial charge < -0.3 is 20.1 Å². The van der Waals surface area contributed by atoms with E-state index < -0.39 is 17.2 Å². The van der Waals surface area contributed by atoms with Crippen LogP contribution in [0.2, 0.25) is 5.02 Å². The van der Waals surface area contributed by atoms with E-state index in [1.54, 1.807) is 19.9 Å². The average Bonchev–Trinajstić information content (AvgIpc) is 2.58. The number of hydrogen-bond donors (Lipinski definition) is 3. The first-order valence-electron chi connectivity index (χ1n) is 9.34. The molecule has 7 heteroatoms. The van der Waals surface area contributed by atoms with Gasteiger partial charge in [-0.15, -0.1) is 0 Å². The number of benzene rings is 2. The molecule has 2 aromatic carbocycles. The van der Waals surface area contributed by atoms with Gasteiger partial charge in [0.25, 0.3) is 0 Å². The molecular weight excluding hydrogens is 408 g/mol. The standard InChI is InChI=1S/C23H25ClO6/c1-12(2)30-21-13(6-9-17(25)15-8-7-14(24)11-18(15)26)10-16(23(3,4)5)20(27)19(21)22(28)29/h6-12,26-27H,1-5H3,(H,28,29). The molecule has 0 amide bonds. The maximum Gasteiger partial charge on any atom is 0.343 e. The lowest BCUT2D eigenvalue weighted by molar-refractivity contribution is 0.0686. The summed E-state index contributed by atoms with van der Waals surface area (Å²) in [6, 6.07) is 5.74. The minimum atomic E-state index is -1.34. The molecule has 0 aliphatic heterocycles. The number of carboxylic acids is 1. The van der Waals surface area contributed by atoms with Gasteiger partial charge >= 0.3 is 5.97 Å². The van der Waals surface area contributed by atoms with Crippen molar-refractivity contribution in [1.82, 2.24) is 0 Å². The molecule has 0 aromatic heterocycles. The Morgan fingerprint density at radius 1 is 1.13 bits per heavy atom. The van der Waals surface area contributed by atoms with Gasteiger partial charge in [-0.25, -0.2) is 4.79 Å². The Balaban J connectivity index is 2.66. The van der Waals surface area contributed by atoms with Crippen molar-refractivity contribution in [2.75, 3.05) is 0 Å². The van der Waals surface area contributed by atoms with Gasteiger partial charge in [-0.3, -0.25) is 4.79 Å². The van der Waals surface area contributed by atoms with Crippen molar-refractivity contribution in [3.63, 3.8) is 0 Å². The van der Waals surface area contributed by atoms with Crippen LogP contribution in [-0.4, -0.2) is 33.2 Å². The van der Waals surface area contributed by atoms with E-state index in [2.05, 4.69) is 0 Å². The summed E-state index contributed by atoms with van der Waals surface area (Å²) in [6.45, 7) is 8.96. The highest BCUT2D eigenvalue weighted by Gasteiger charge is 2.29. The molecule has 0 fully saturated rings. The predicted molar refractivity (Wildman–Crippen MR) is 116 cm³/mol. The molecular formula is C23H25ClO6. The van der Waals surface area contributed by atoms with Crippen molar-refractivity contribution >= 4 is 29.4 Å². The lowest BCUT2D eigenvalue weighted by Crippen LogP contribution is -2.17. The molecule has 0 aliphatic carbocycles. The third-order valence-corrected chi connectivity index (χ3v) is 4.53. The zero-order chi connectivity index (χ0) is 22.8. The molecule has 0 bridgehead atoms. The van der Waals surface area contributed by atoms with Crippen LogP contribution in [0, 0.1) is 0 Å². The maximum atomic E-state index is 12.6. The van der Waals surface area contributed by atoms with Gasteiger partial charge in [0.05, 0.1) is 11.7 Å². The SMILES string of the molecule is CC(C)Oc1c(C=CC(=O)c2ccc(Cl)cc2O)cc(C(C)(C)C)c(O)c1C(=O)O. The molecule has 2 rings (SSSR count). The van der Waals surface area contributed by atoms with Gasteiger partial charge in [0, 0.05) is 16.1 Å². The maximum absolute atomic E-state index is 12.6. The van der Waals surface area contributed by atoms with E-state index in [0.717, 1.165) is 0 Å². The Labute approximate surface area is 180 Å². The number of ether oxygens (including phenoxy) is 1. The third-order valence-electron chi connectivity index (χ3n) is 4.30. The molecule has 0 unspecified atom stereocenters. The number of rotatable bonds is 6. The highest BCUT2D eigenvalue weighted by atomic mass is 35.5. The number of phenolic OH excluding ortho intramolecular Hbond substituents is 1. The van der Waals surface area contributed by atoms with Crippen LogP contribution in [0.25, 0.3) is 6.08 Å². The molecule has 0 heterocycles. The molecule has 3 N–H and O–H groups in total. The first-order valence-corrected chi connectivity index (χ1v) is 9.72. The van der Waals surface area contributed by atoms with Crippen molar-refractivity contribution in [2.24, 2.45) is 0 Å². The van der Waals surface area contributed by atoms with Crippen LogP contribution in [0.1, 0.15) is 66.5 Å². The summed E-state index contributed by atoms with van der Waals surface area (Å²) in [6.07, 6.45) is 2.25. The molecule has 2 aromatic rings. The largest absolute Gasteiger partial charge is 0.507 e. The minimum absolute atomic E-state index is 0.0348. The first kappa shape index (κ1) is 23.3. The fourth-order valence-corrected chi connectivity index (χ4v) is 3.07. The summed E-state index contributed by atoms with van der Waals surface area (Å²) in [5.41, 5.74) is -0.151. The van der Waals surface area contributed by atoms with Crippen molar-refractivity contribution in [1.29, 1.82) is 0 Å². The number of ketones is 1. The highest BCUT2D eigenvalue weighted by molar-refractivity contribution is 6.31. The Kier molecular flexibility index (Phi) is 6.83. The van der Waals surface area contributed by atoms with Gasteiger partial charge in [-0.2, -0.15) is 0 Å². The van der Waals surface area contributed by atoms with Gasteiger partial charge in [0.1, 0.15) is 22.8 Å². The van der Waals surface area contributed by atoms with Crippen LogP contribution in [0.3, 0.4) is 0 Å². The van der Waals surface area contributed by atoms with Crippen LogP contribution in [0.15, 0.2) is 30.3 Å². The van der Waals surface area contributed by atoms with Crippen molar-refractivity contribution in [3.05, 3.63) is 57.6 Å². The zero-order valence-corrected chi connectivity index (χ0v) is 18.2. The van der Waals surface area contributed by atoms with Crippen molar-refractivity contribution in [2.45, 2.75) is 46.1 Å². The highest BCUT2D eigenvalue weighted by Crippen LogP contribution is 2.41. The summed E-state index contributed by atoms with van der Waals surface area (Å²) >= 11 is 5.80. The van der Waals surface area contributed by atoms with E-state index in [4.69, 9.17) is 16.3 Å². The van der Waals surface area contributed by atoms with E-state index in [0.29, 0.717) is 16.1 Å². The summed E-state index contributed by atoms with van der Waals surface area (Å²) in [5.74, 6) is -2.51. The minimum Gasteiger partial charge on any atom is -0.507 e. The number of carboxylic acid groups (broad SMARTS) is 1. The lowest BCUT2D eigenvalue weighted by Gasteiger charge is -2.25. The second-order valence-electron chi connectivity index (χ2n) is 8.15. The number of halogens is 1. The Morgan fingerprint density at radius 3 is 2.27 bits per heavy atom. The second kappa shape index (κ2) is 8.79. The topological polar surface area (TPSA) is 104 Å². The summed E-state index contributed by atoms with van der Waals surface area (Å²) < 4.78 is 5.69. The smallest absolute Gasteiger partial charge is 0.343 e. The van der Waals surface area contributed by atoms with Gasteiger partial charge in [0.15, 0.2) is 5.78 Å². The lowest BCUT2D eigenvalue weighted by atomic mass is 9.83. The van der Waals surface area contributed by atoms with E-state index >= 15 is 0 Å². The third kappa shape index (κ3) is 5.13. The normalized spacial score (nSPS) is 11.8. The van der Waals surface area contributed by atoms with Gasteiger partial charge in [-0.05, 0) is 55.7 Å². The number of carbonyl (C=O) groups is 2. The van der Waals surface area contributed by atoms with Gasteiger partial charge in [0.2, 0.25) is 0 Å². The van der Waals surface area contributed by atoms with Crippen LogP contribution in [0.5, 0.6) is 17.2 Å². The van der Waals surface area contributed by atoms with Crippen molar-refractivity contribution in [3.8, 4) is 17.2 Å². The van der Waals surface area contributed by atoms with Crippen LogP contribution < -0.4 is 4.74 Å². The molecule has 0 saturated heterocycles. The van der Waals surface area contributed by atoms with E-state index in [1.807, 2.05) is 20.8 Å².